The van der Waals surface area contributed by atoms with E-state index in [0.29, 0.717) is 12.8 Å². The molecule has 0 rings (SSSR count). The number of esters is 1. The summed E-state index contributed by atoms with van der Waals surface area (Å²) in [6, 6.07) is -1.28. The average molecular weight is 283 g/mol. The van der Waals surface area contributed by atoms with Crippen molar-refractivity contribution in [1.29, 1.82) is 0 Å². The zero-order chi connectivity index (χ0) is 15.2. The van der Waals surface area contributed by atoms with Gasteiger partial charge in [0, 0.05) is 0 Å². The second-order valence-corrected chi connectivity index (χ2v) is 4.49. The highest BCUT2D eigenvalue weighted by atomic mass is 19.4. The van der Waals surface area contributed by atoms with E-state index in [9.17, 15) is 22.8 Å². The molecule has 0 heterocycles. The minimum absolute atomic E-state index is 0.401. The van der Waals surface area contributed by atoms with Crippen LogP contribution in [0, 0.1) is 5.92 Å². The number of alkyl halides is 3. The molecule has 1 amide bonds. The van der Waals surface area contributed by atoms with Gasteiger partial charge in [-0.25, -0.2) is 4.79 Å². The Morgan fingerprint density at radius 2 is 1.68 bits per heavy atom. The first-order valence-electron chi connectivity index (χ1n) is 6.21. The maximum Gasteiger partial charge on any atom is 0.471 e. The zero-order valence-corrected chi connectivity index (χ0v) is 11.5. The van der Waals surface area contributed by atoms with Gasteiger partial charge in [-0.1, -0.05) is 27.2 Å². The summed E-state index contributed by atoms with van der Waals surface area (Å²) < 4.78 is 41.6. The number of nitrogens with one attached hydrogen (secondary N) is 1. The maximum atomic E-state index is 12.2. The Balaban J connectivity index is 4.83. The van der Waals surface area contributed by atoms with Crippen molar-refractivity contribution in [2.45, 2.75) is 58.9 Å². The van der Waals surface area contributed by atoms with Crippen LogP contribution in [0.1, 0.15) is 40.5 Å². The van der Waals surface area contributed by atoms with Gasteiger partial charge in [-0.15, -0.1) is 0 Å². The number of ether oxygens (including phenoxy) is 1. The SMILES string of the molecule is CCC(C)OC(=O)C(NC(=O)C(F)(F)F)C(C)CC. The van der Waals surface area contributed by atoms with Crippen molar-refractivity contribution in [3.05, 3.63) is 0 Å². The lowest BCUT2D eigenvalue weighted by atomic mass is 9.99. The molecule has 0 aromatic heterocycles. The van der Waals surface area contributed by atoms with Gasteiger partial charge in [0.05, 0.1) is 6.10 Å². The van der Waals surface area contributed by atoms with Gasteiger partial charge in [-0.2, -0.15) is 13.2 Å². The van der Waals surface area contributed by atoms with Crippen molar-refractivity contribution in [2.24, 2.45) is 5.92 Å². The van der Waals surface area contributed by atoms with E-state index in [0.717, 1.165) is 0 Å². The molecule has 0 saturated carbocycles. The standard InChI is InChI=1S/C12H20F3NO3/c1-5-7(3)9(10(17)19-8(4)6-2)16-11(18)12(13,14)15/h7-9H,5-6H2,1-4H3,(H,16,18). The van der Waals surface area contributed by atoms with Gasteiger partial charge in [0.15, 0.2) is 0 Å². The summed E-state index contributed by atoms with van der Waals surface area (Å²) in [7, 11) is 0. The first-order chi connectivity index (χ1) is 8.63. The Bertz CT molecular complexity index is 318. The van der Waals surface area contributed by atoms with Crippen molar-refractivity contribution >= 4 is 11.9 Å². The second-order valence-electron chi connectivity index (χ2n) is 4.49. The lowest BCUT2D eigenvalue weighted by Gasteiger charge is -2.24. The molecule has 7 heteroatoms. The predicted octanol–water partition coefficient (Wildman–Crippen LogP) is 2.42. The predicted molar refractivity (Wildman–Crippen MR) is 63.3 cm³/mol. The largest absolute Gasteiger partial charge is 0.471 e. The van der Waals surface area contributed by atoms with E-state index in [-0.39, 0.29) is 0 Å². The van der Waals surface area contributed by atoms with E-state index in [2.05, 4.69) is 0 Å². The van der Waals surface area contributed by atoms with Crippen molar-refractivity contribution in [3.63, 3.8) is 0 Å². The highest BCUT2D eigenvalue weighted by Gasteiger charge is 2.42. The first-order valence-corrected chi connectivity index (χ1v) is 6.21. The molecule has 0 aliphatic rings. The highest BCUT2D eigenvalue weighted by Crippen LogP contribution is 2.17. The van der Waals surface area contributed by atoms with E-state index in [1.54, 1.807) is 33.0 Å². The number of rotatable bonds is 6. The molecule has 3 atom stereocenters. The van der Waals surface area contributed by atoms with Crippen LogP contribution in [0.5, 0.6) is 0 Å². The molecular formula is C12H20F3NO3. The average Bonchev–Trinajstić information content (AvgIpc) is 2.32. The van der Waals surface area contributed by atoms with Crippen molar-refractivity contribution in [2.75, 3.05) is 0 Å². The van der Waals surface area contributed by atoms with E-state index >= 15 is 0 Å². The molecule has 0 bridgehead atoms. The number of halogens is 3. The van der Waals surface area contributed by atoms with Crippen LogP contribution in [0.2, 0.25) is 0 Å². The van der Waals surface area contributed by atoms with Crippen LogP contribution in [-0.2, 0) is 14.3 Å². The second kappa shape index (κ2) is 7.35. The normalized spacial score (nSPS) is 16.4. The van der Waals surface area contributed by atoms with Gasteiger partial charge < -0.3 is 10.1 Å². The molecule has 4 nitrogen and oxygen atoms in total. The fourth-order valence-electron chi connectivity index (χ4n) is 1.25. The van der Waals surface area contributed by atoms with Crippen LogP contribution < -0.4 is 5.32 Å². The van der Waals surface area contributed by atoms with E-state index < -0.39 is 36.1 Å². The fraction of sp³-hybridized carbons (Fsp3) is 0.833. The minimum Gasteiger partial charge on any atom is -0.461 e. The van der Waals surface area contributed by atoms with Crippen molar-refractivity contribution in [3.8, 4) is 0 Å². The smallest absolute Gasteiger partial charge is 0.461 e. The molecule has 1 N–H and O–H groups in total. The minimum atomic E-state index is -5.01. The number of carbonyl (C=O) groups is 2. The van der Waals surface area contributed by atoms with Crippen molar-refractivity contribution in [1.82, 2.24) is 5.32 Å². The zero-order valence-electron chi connectivity index (χ0n) is 11.5. The highest BCUT2D eigenvalue weighted by molar-refractivity contribution is 5.87. The summed E-state index contributed by atoms with van der Waals surface area (Å²) in [5, 5.41) is 1.70. The molecule has 112 valence electrons. The molecule has 0 radical (unpaired) electrons. The number of hydrogen-bond donors (Lipinski definition) is 1. The van der Waals surface area contributed by atoms with Crippen LogP contribution in [0.15, 0.2) is 0 Å². The van der Waals surface area contributed by atoms with E-state index in [1.807, 2.05) is 0 Å². The third-order valence-electron chi connectivity index (χ3n) is 2.90. The van der Waals surface area contributed by atoms with Gasteiger partial charge in [0.25, 0.3) is 0 Å². The number of hydrogen-bond acceptors (Lipinski definition) is 3. The summed E-state index contributed by atoms with van der Waals surface area (Å²) in [6.45, 7) is 6.72. The summed E-state index contributed by atoms with van der Waals surface area (Å²) in [4.78, 5) is 22.7. The Morgan fingerprint density at radius 1 is 1.16 bits per heavy atom. The molecule has 0 aromatic rings. The van der Waals surface area contributed by atoms with Crippen LogP contribution in [0.3, 0.4) is 0 Å². The molecule has 3 unspecified atom stereocenters. The number of carbonyl (C=O) groups excluding carboxylic acids is 2. The van der Waals surface area contributed by atoms with Gasteiger partial charge in [-0.3, -0.25) is 4.79 Å². The van der Waals surface area contributed by atoms with E-state index in [4.69, 9.17) is 4.74 Å². The number of amides is 1. The Labute approximate surface area is 110 Å². The molecule has 0 aliphatic carbocycles. The van der Waals surface area contributed by atoms with Gasteiger partial charge in [-0.05, 0) is 19.3 Å². The third-order valence-corrected chi connectivity index (χ3v) is 2.90. The van der Waals surface area contributed by atoms with Gasteiger partial charge >= 0.3 is 18.1 Å². The summed E-state index contributed by atoms with van der Waals surface area (Å²) in [6.07, 6.45) is -4.42. The lowest BCUT2D eigenvalue weighted by Crippen LogP contribution is -2.50. The summed E-state index contributed by atoms with van der Waals surface area (Å²) in [5.74, 6) is -3.40. The monoisotopic (exact) mass is 283 g/mol. The van der Waals surface area contributed by atoms with Gasteiger partial charge in [0.1, 0.15) is 6.04 Å². The molecule has 0 aliphatic heterocycles. The van der Waals surface area contributed by atoms with Crippen LogP contribution >= 0.6 is 0 Å². The van der Waals surface area contributed by atoms with Gasteiger partial charge in [0.2, 0.25) is 0 Å². The first kappa shape index (κ1) is 17.7. The van der Waals surface area contributed by atoms with Crippen molar-refractivity contribution < 1.29 is 27.5 Å². The molecular weight excluding hydrogens is 263 g/mol. The Hall–Kier alpha value is -1.27. The molecule has 0 fully saturated rings. The van der Waals surface area contributed by atoms with Crippen LogP contribution in [0.4, 0.5) is 13.2 Å². The summed E-state index contributed by atoms with van der Waals surface area (Å²) >= 11 is 0. The molecule has 0 aromatic carbocycles. The summed E-state index contributed by atoms with van der Waals surface area (Å²) in [5.41, 5.74) is 0. The quantitative estimate of drug-likeness (QED) is 0.762. The topological polar surface area (TPSA) is 55.4 Å². The Morgan fingerprint density at radius 3 is 2.05 bits per heavy atom. The third kappa shape index (κ3) is 5.94. The van der Waals surface area contributed by atoms with E-state index in [1.165, 1.54) is 0 Å². The molecule has 19 heavy (non-hydrogen) atoms. The van der Waals surface area contributed by atoms with Crippen LogP contribution in [0.25, 0.3) is 0 Å². The fourth-order valence-corrected chi connectivity index (χ4v) is 1.25. The lowest BCUT2D eigenvalue weighted by molar-refractivity contribution is -0.177. The molecule has 0 spiro atoms. The molecule has 0 saturated heterocycles. The maximum absolute atomic E-state index is 12.2. The van der Waals surface area contributed by atoms with Crippen LogP contribution in [-0.4, -0.2) is 30.2 Å². The Kier molecular flexibility index (Phi) is 6.86.